The number of amides is 1. The summed E-state index contributed by atoms with van der Waals surface area (Å²) >= 11 is 0. The fourth-order valence-electron chi connectivity index (χ4n) is 2.76. The minimum Gasteiger partial charge on any atom is -0.452 e. The standard InChI is InChI=1S/C22H16N2O4/c25-20(23-15-8-2-1-3-9-15)14-27-22(26)17-11-5-4-10-16(17)21-24-18-12-6-7-13-19(18)28-21/h1-13H,14H2,(H,23,25). The van der Waals surface area contributed by atoms with Crippen LogP contribution in [0.5, 0.6) is 0 Å². The van der Waals surface area contributed by atoms with E-state index in [0.29, 0.717) is 28.2 Å². The number of ether oxygens (including phenoxy) is 1. The van der Waals surface area contributed by atoms with Crippen molar-refractivity contribution in [2.45, 2.75) is 0 Å². The molecular formula is C22H16N2O4. The number of rotatable bonds is 5. The Morgan fingerprint density at radius 1 is 0.893 bits per heavy atom. The molecule has 0 fully saturated rings. The summed E-state index contributed by atoms with van der Waals surface area (Å²) in [7, 11) is 0. The van der Waals surface area contributed by atoms with Crippen molar-refractivity contribution < 1.29 is 18.7 Å². The molecule has 138 valence electrons. The summed E-state index contributed by atoms with van der Waals surface area (Å²) in [6.45, 7) is -0.393. The zero-order chi connectivity index (χ0) is 19.3. The summed E-state index contributed by atoms with van der Waals surface area (Å²) in [5.41, 5.74) is 2.75. The second-order valence-corrected chi connectivity index (χ2v) is 6.02. The molecule has 0 unspecified atom stereocenters. The summed E-state index contributed by atoms with van der Waals surface area (Å²) in [5, 5.41) is 2.67. The fraction of sp³-hybridized carbons (Fsp3) is 0.0455. The lowest BCUT2D eigenvalue weighted by molar-refractivity contribution is -0.119. The number of nitrogens with zero attached hydrogens (tertiary/aromatic N) is 1. The Morgan fingerprint density at radius 2 is 1.61 bits per heavy atom. The van der Waals surface area contributed by atoms with Gasteiger partial charge >= 0.3 is 5.97 Å². The van der Waals surface area contributed by atoms with Gasteiger partial charge in [-0.2, -0.15) is 0 Å². The second kappa shape index (κ2) is 7.75. The first kappa shape index (κ1) is 17.5. The Hall–Kier alpha value is -3.93. The maximum absolute atomic E-state index is 12.5. The van der Waals surface area contributed by atoms with E-state index in [1.165, 1.54) is 0 Å². The van der Waals surface area contributed by atoms with Gasteiger partial charge in [0.1, 0.15) is 5.52 Å². The largest absolute Gasteiger partial charge is 0.452 e. The van der Waals surface area contributed by atoms with Crippen molar-refractivity contribution in [3.05, 3.63) is 84.4 Å². The normalized spacial score (nSPS) is 10.6. The first-order valence-corrected chi connectivity index (χ1v) is 8.68. The molecule has 1 heterocycles. The van der Waals surface area contributed by atoms with Crippen molar-refractivity contribution in [1.82, 2.24) is 4.98 Å². The lowest BCUT2D eigenvalue weighted by atomic mass is 10.1. The molecule has 0 aliphatic rings. The lowest BCUT2D eigenvalue weighted by Crippen LogP contribution is -2.21. The molecule has 0 saturated heterocycles. The van der Waals surface area contributed by atoms with Crippen molar-refractivity contribution in [3.63, 3.8) is 0 Å². The van der Waals surface area contributed by atoms with E-state index in [9.17, 15) is 9.59 Å². The maximum Gasteiger partial charge on any atom is 0.339 e. The van der Waals surface area contributed by atoms with Crippen molar-refractivity contribution >= 4 is 28.7 Å². The van der Waals surface area contributed by atoms with E-state index in [1.54, 1.807) is 54.6 Å². The van der Waals surface area contributed by atoms with Crippen LogP contribution < -0.4 is 5.32 Å². The van der Waals surface area contributed by atoms with E-state index >= 15 is 0 Å². The summed E-state index contributed by atoms with van der Waals surface area (Å²) in [4.78, 5) is 29.0. The Morgan fingerprint density at radius 3 is 2.43 bits per heavy atom. The van der Waals surface area contributed by atoms with Gasteiger partial charge in [0, 0.05) is 5.69 Å². The van der Waals surface area contributed by atoms with Crippen LogP contribution in [0.15, 0.2) is 83.3 Å². The molecule has 1 amide bonds. The van der Waals surface area contributed by atoms with Crippen LogP contribution in [0.25, 0.3) is 22.6 Å². The van der Waals surface area contributed by atoms with Crippen LogP contribution in [0.1, 0.15) is 10.4 Å². The molecule has 0 spiro atoms. The second-order valence-electron chi connectivity index (χ2n) is 6.02. The van der Waals surface area contributed by atoms with Gasteiger partial charge in [-0.05, 0) is 36.4 Å². The number of hydrogen-bond donors (Lipinski definition) is 1. The summed E-state index contributed by atoms with van der Waals surface area (Å²) in [6.07, 6.45) is 0. The number of aromatic nitrogens is 1. The van der Waals surface area contributed by atoms with Crippen LogP contribution in [0.2, 0.25) is 0 Å². The first-order chi connectivity index (χ1) is 13.7. The van der Waals surface area contributed by atoms with Crippen LogP contribution in [-0.2, 0) is 9.53 Å². The van der Waals surface area contributed by atoms with Gasteiger partial charge in [-0.3, -0.25) is 4.79 Å². The van der Waals surface area contributed by atoms with Crippen molar-refractivity contribution in [3.8, 4) is 11.5 Å². The van der Waals surface area contributed by atoms with Crippen LogP contribution in [0.4, 0.5) is 5.69 Å². The Labute approximate surface area is 160 Å². The van der Waals surface area contributed by atoms with Gasteiger partial charge in [0.05, 0.1) is 11.1 Å². The molecule has 1 N–H and O–H groups in total. The van der Waals surface area contributed by atoms with Crippen molar-refractivity contribution in [2.75, 3.05) is 11.9 Å². The molecule has 28 heavy (non-hydrogen) atoms. The number of esters is 1. The lowest BCUT2D eigenvalue weighted by Gasteiger charge is -2.08. The molecule has 1 aromatic heterocycles. The van der Waals surface area contributed by atoms with Crippen LogP contribution in [0, 0.1) is 0 Å². The van der Waals surface area contributed by atoms with Gasteiger partial charge in [-0.1, -0.05) is 42.5 Å². The van der Waals surface area contributed by atoms with Crippen LogP contribution in [-0.4, -0.2) is 23.5 Å². The molecule has 0 atom stereocenters. The number of fused-ring (bicyclic) bond motifs is 1. The van der Waals surface area contributed by atoms with E-state index in [2.05, 4.69) is 10.3 Å². The highest BCUT2D eigenvalue weighted by molar-refractivity contribution is 5.99. The number of hydrogen-bond acceptors (Lipinski definition) is 5. The number of anilines is 1. The predicted molar refractivity (Wildman–Crippen MR) is 105 cm³/mol. The highest BCUT2D eigenvalue weighted by Crippen LogP contribution is 2.27. The Kier molecular flexibility index (Phi) is 4.84. The molecule has 0 aliphatic carbocycles. The summed E-state index contributed by atoms with van der Waals surface area (Å²) in [5.74, 6) is -0.720. The van der Waals surface area contributed by atoms with Gasteiger partial charge in [0.25, 0.3) is 5.91 Å². The van der Waals surface area contributed by atoms with Crippen molar-refractivity contribution in [2.24, 2.45) is 0 Å². The molecule has 4 aromatic rings. The van der Waals surface area contributed by atoms with E-state index in [4.69, 9.17) is 9.15 Å². The Balaban J connectivity index is 1.50. The zero-order valence-corrected chi connectivity index (χ0v) is 14.8. The van der Waals surface area contributed by atoms with Crippen LogP contribution >= 0.6 is 0 Å². The molecule has 0 aliphatic heterocycles. The number of oxazole rings is 1. The topological polar surface area (TPSA) is 81.4 Å². The smallest absolute Gasteiger partial charge is 0.339 e. The van der Waals surface area contributed by atoms with Gasteiger partial charge < -0.3 is 14.5 Å². The van der Waals surface area contributed by atoms with Crippen molar-refractivity contribution in [1.29, 1.82) is 0 Å². The number of benzene rings is 3. The number of carbonyl (C=O) groups excluding carboxylic acids is 2. The molecule has 6 heteroatoms. The highest BCUT2D eigenvalue weighted by Gasteiger charge is 2.19. The third kappa shape index (κ3) is 3.76. The molecule has 0 saturated carbocycles. The maximum atomic E-state index is 12.5. The van der Waals surface area contributed by atoms with E-state index in [1.807, 2.05) is 24.3 Å². The fourth-order valence-corrected chi connectivity index (χ4v) is 2.76. The van der Waals surface area contributed by atoms with Gasteiger partial charge in [-0.25, -0.2) is 9.78 Å². The molecule has 0 radical (unpaired) electrons. The number of para-hydroxylation sites is 3. The molecule has 3 aromatic carbocycles. The summed E-state index contributed by atoms with van der Waals surface area (Å²) in [6, 6.07) is 23.1. The monoisotopic (exact) mass is 372 g/mol. The zero-order valence-electron chi connectivity index (χ0n) is 14.8. The molecule has 6 nitrogen and oxygen atoms in total. The van der Waals surface area contributed by atoms with E-state index in [-0.39, 0.29) is 5.56 Å². The predicted octanol–water partition coefficient (Wildman–Crippen LogP) is 4.29. The third-order valence-electron chi connectivity index (χ3n) is 4.06. The van der Waals surface area contributed by atoms with Gasteiger partial charge in [0.2, 0.25) is 5.89 Å². The van der Waals surface area contributed by atoms with Crippen LogP contribution in [0.3, 0.4) is 0 Å². The molecule has 4 rings (SSSR count). The van der Waals surface area contributed by atoms with Gasteiger partial charge in [0.15, 0.2) is 12.2 Å². The Bertz CT molecular complexity index is 1100. The van der Waals surface area contributed by atoms with E-state index < -0.39 is 18.5 Å². The minimum absolute atomic E-state index is 0.279. The number of nitrogens with one attached hydrogen (secondary N) is 1. The minimum atomic E-state index is -0.624. The average molecular weight is 372 g/mol. The highest BCUT2D eigenvalue weighted by atomic mass is 16.5. The average Bonchev–Trinajstić information content (AvgIpc) is 3.17. The first-order valence-electron chi connectivity index (χ1n) is 8.68. The number of carbonyl (C=O) groups is 2. The van der Waals surface area contributed by atoms with Gasteiger partial charge in [-0.15, -0.1) is 0 Å². The SMILES string of the molecule is O=C(COC(=O)c1ccccc1-c1nc2ccccc2o1)Nc1ccccc1. The summed E-state index contributed by atoms with van der Waals surface area (Å²) < 4.78 is 10.9. The third-order valence-corrected chi connectivity index (χ3v) is 4.06. The van der Waals surface area contributed by atoms with E-state index in [0.717, 1.165) is 0 Å². The molecular weight excluding hydrogens is 356 g/mol. The quantitative estimate of drug-likeness (QED) is 0.529. The molecule has 0 bridgehead atoms.